The van der Waals surface area contributed by atoms with Crippen molar-refractivity contribution in [2.24, 2.45) is 5.10 Å². The Morgan fingerprint density at radius 1 is 1.33 bits per heavy atom. The molecule has 4 heterocycles. The number of alkyl halides is 1. The van der Waals surface area contributed by atoms with Crippen LogP contribution in [0.5, 0.6) is 5.75 Å². The number of pyridine rings is 2. The van der Waals surface area contributed by atoms with Crippen molar-refractivity contribution < 1.29 is 27.8 Å². The number of nitrogens with one attached hydrogen (secondary N) is 2. The van der Waals surface area contributed by atoms with Gasteiger partial charge >= 0.3 is 6.09 Å². The lowest BCUT2D eigenvalue weighted by Crippen LogP contribution is -2.52. The molecule has 0 aromatic carbocycles. The van der Waals surface area contributed by atoms with Crippen LogP contribution in [-0.2, 0) is 9.47 Å². The molecule has 3 aromatic heterocycles. The first-order chi connectivity index (χ1) is 19.9. The summed E-state index contributed by atoms with van der Waals surface area (Å²) < 4.78 is 46.9. The van der Waals surface area contributed by atoms with Crippen molar-refractivity contribution in [2.45, 2.75) is 58.0 Å². The monoisotopic (exact) mass is 605 g/mol. The molecule has 1 saturated heterocycles. The number of fused-ring (bicyclic) bond motifs is 1. The first-order valence-corrected chi connectivity index (χ1v) is 13.7. The fraction of sp³-hybridized carbons (Fsp3) is 0.464. The number of rotatable bonds is 9. The van der Waals surface area contributed by atoms with Crippen LogP contribution in [0.3, 0.4) is 0 Å². The summed E-state index contributed by atoms with van der Waals surface area (Å²) in [4.78, 5) is 17.8. The van der Waals surface area contributed by atoms with Crippen molar-refractivity contribution in [1.82, 2.24) is 24.9 Å². The number of hydrogen-bond acceptors (Lipinski definition) is 9. The summed E-state index contributed by atoms with van der Waals surface area (Å²) in [5.74, 6) is -0.132. The molecule has 3 aromatic rings. The normalized spacial score (nSPS) is 18.6. The van der Waals surface area contributed by atoms with E-state index >= 15 is 4.39 Å². The Morgan fingerprint density at radius 2 is 2.10 bits per heavy atom. The Bertz CT molecular complexity index is 1460. The molecule has 14 heteroatoms. The third kappa shape index (κ3) is 7.51. The minimum Gasteiger partial charge on any atom is -0.488 e. The topological polar surface area (TPSA) is 126 Å². The molecule has 42 heavy (non-hydrogen) atoms. The third-order valence-electron chi connectivity index (χ3n) is 6.45. The fourth-order valence-electron chi connectivity index (χ4n) is 4.36. The van der Waals surface area contributed by atoms with Gasteiger partial charge in [0.15, 0.2) is 0 Å². The lowest BCUT2D eigenvalue weighted by Gasteiger charge is -2.35. The van der Waals surface area contributed by atoms with Crippen molar-refractivity contribution in [3.8, 4) is 5.75 Å². The van der Waals surface area contributed by atoms with Crippen LogP contribution in [0.4, 0.5) is 13.6 Å². The summed E-state index contributed by atoms with van der Waals surface area (Å²) in [5, 5.41) is 17.4. The van der Waals surface area contributed by atoms with E-state index in [1.807, 2.05) is 0 Å². The summed E-state index contributed by atoms with van der Waals surface area (Å²) in [6, 6.07) is 3.77. The van der Waals surface area contributed by atoms with Gasteiger partial charge in [-0.2, -0.15) is 10.2 Å². The number of nitrogens with zero attached hydrogens (tertiary/aromatic N) is 5. The van der Waals surface area contributed by atoms with Gasteiger partial charge < -0.3 is 29.9 Å². The van der Waals surface area contributed by atoms with E-state index in [9.17, 15) is 9.18 Å². The van der Waals surface area contributed by atoms with E-state index in [1.165, 1.54) is 34.9 Å². The smallest absolute Gasteiger partial charge is 0.410 e. The predicted octanol–water partition coefficient (Wildman–Crippen LogP) is 4.97. The second kappa shape index (κ2) is 13.0. The van der Waals surface area contributed by atoms with E-state index in [0.717, 1.165) is 6.20 Å². The lowest BCUT2D eigenvalue weighted by molar-refractivity contribution is 0.00952. The second-order valence-corrected chi connectivity index (χ2v) is 11.3. The van der Waals surface area contributed by atoms with Crippen molar-refractivity contribution in [2.75, 3.05) is 26.8 Å². The van der Waals surface area contributed by atoms with Crippen molar-refractivity contribution >= 4 is 34.6 Å². The van der Waals surface area contributed by atoms with Gasteiger partial charge in [-0.1, -0.05) is 11.6 Å². The molecule has 0 spiro atoms. The quantitative estimate of drug-likeness (QED) is 0.260. The Labute approximate surface area is 247 Å². The van der Waals surface area contributed by atoms with Crippen LogP contribution in [0.2, 0.25) is 5.02 Å². The Balaban J connectivity index is 1.53. The van der Waals surface area contributed by atoms with Crippen LogP contribution in [-0.4, -0.2) is 81.6 Å². The molecule has 4 rings (SSSR count). The number of carbonyl (C=O) groups excluding carboxylic acids is 1. The molecule has 1 aliphatic heterocycles. The number of hydrazone groups is 1. The molecular weight excluding hydrogens is 572 g/mol. The maximum Gasteiger partial charge on any atom is 0.410 e. The average molecular weight is 606 g/mol. The van der Waals surface area contributed by atoms with E-state index in [0.29, 0.717) is 40.5 Å². The van der Waals surface area contributed by atoms with Gasteiger partial charge in [0.1, 0.15) is 47.3 Å². The number of ether oxygens (including phenoxy) is 3. The molecule has 1 unspecified atom stereocenters. The maximum atomic E-state index is 15.1. The largest absolute Gasteiger partial charge is 0.488 e. The molecule has 3 atom stereocenters. The molecule has 0 radical (unpaired) electrons. The summed E-state index contributed by atoms with van der Waals surface area (Å²) in [6.07, 6.45) is 1.92. The highest BCUT2D eigenvalue weighted by Gasteiger charge is 2.34. The van der Waals surface area contributed by atoms with Gasteiger partial charge in [-0.3, -0.25) is 4.98 Å². The van der Waals surface area contributed by atoms with Crippen LogP contribution >= 0.6 is 11.6 Å². The molecule has 226 valence electrons. The van der Waals surface area contributed by atoms with E-state index in [4.69, 9.17) is 31.2 Å². The number of aromatic nitrogens is 3. The zero-order valence-electron chi connectivity index (χ0n) is 24.0. The summed E-state index contributed by atoms with van der Waals surface area (Å²) >= 11 is 6.39. The summed E-state index contributed by atoms with van der Waals surface area (Å²) in [6.45, 7) is 6.99. The Morgan fingerprint density at radius 3 is 2.71 bits per heavy atom. The standard InChI is InChI=1S/C28H34ClF2N7O4/c1-16(32)25(36-35-21-8-9-37(14-20(21)31)27(39)42-28(2,3)4)17-10-23(26-19(29)12-34-38(26)13-17)41-15-24(40-5)22-7-6-18(30)11-33-22/h6-7,10-13,20-21,24,32,35H,8-9,14-15H2,1-5H3/b32-16?,36-25+/t20-,21+,24?/m0/s1. The average Bonchev–Trinajstić information content (AvgIpc) is 3.30. The molecule has 11 nitrogen and oxygen atoms in total. The number of hydrogen-bond donors (Lipinski definition) is 2. The third-order valence-corrected chi connectivity index (χ3v) is 6.73. The first kappa shape index (κ1) is 31.1. The van der Waals surface area contributed by atoms with Gasteiger partial charge in [0.05, 0.1) is 41.4 Å². The van der Waals surface area contributed by atoms with Gasteiger partial charge in [0.2, 0.25) is 0 Å². The molecule has 1 amide bonds. The van der Waals surface area contributed by atoms with Crippen LogP contribution in [0.1, 0.15) is 51.5 Å². The van der Waals surface area contributed by atoms with E-state index in [-0.39, 0.29) is 24.6 Å². The van der Waals surface area contributed by atoms with Crippen LogP contribution in [0.15, 0.2) is 41.9 Å². The zero-order chi connectivity index (χ0) is 30.6. The molecule has 2 N–H and O–H groups in total. The highest BCUT2D eigenvalue weighted by atomic mass is 35.5. The summed E-state index contributed by atoms with van der Waals surface area (Å²) in [5.41, 5.74) is 3.95. The van der Waals surface area contributed by atoms with Crippen LogP contribution in [0, 0.1) is 11.2 Å². The van der Waals surface area contributed by atoms with Crippen molar-refractivity contribution in [3.63, 3.8) is 0 Å². The predicted molar refractivity (Wildman–Crippen MR) is 154 cm³/mol. The Kier molecular flexibility index (Phi) is 9.62. The highest BCUT2D eigenvalue weighted by Crippen LogP contribution is 2.30. The maximum absolute atomic E-state index is 15.1. The molecule has 1 aliphatic rings. The van der Waals surface area contributed by atoms with Crippen molar-refractivity contribution in [3.05, 3.63) is 58.9 Å². The number of likely N-dealkylation sites (tertiary alicyclic amines) is 1. The number of piperidine rings is 1. The van der Waals surface area contributed by atoms with Crippen LogP contribution in [0.25, 0.3) is 5.52 Å². The number of carbonyl (C=O) groups is 1. The highest BCUT2D eigenvalue weighted by molar-refractivity contribution is 6.46. The number of halogens is 3. The van der Waals surface area contributed by atoms with Gasteiger partial charge in [0, 0.05) is 25.4 Å². The number of methoxy groups -OCH3 is 1. The zero-order valence-corrected chi connectivity index (χ0v) is 24.8. The van der Waals surface area contributed by atoms with Gasteiger partial charge in [0.25, 0.3) is 0 Å². The molecule has 0 saturated carbocycles. The van der Waals surface area contributed by atoms with E-state index < -0.39 is 35.8 Å². The first-order valence-electron chi connectivity index (χ1n) is 13.3. The Hall–Kier alpha value is -3.84. The van der Waals surface area contributed by atoms with Gasteiger partial charge in [-0.25, -0.2) is 18.1 Å². The second-order valence-electron chi connectivity index (χ2n) is 10.9. The minimum atomic E-state index is -1.40. The van der Waals surface area contributed by atoms with Crippen LogP contribution < -0.4 is 10.2 Å². The molecule has 0 bridgehead atoms. The number of amides is 1. The molecule has 0 aliphatic carbocycles. The van der Waals surface area contributed by atoms with E-state index in [1.54, 1.807) is 40.0 Å². The minimum absolute atomic E-state index is 0.0177. The van der Waals surface area contributed by atoms with E-state index in [2.05, 4.69) is 20.6 Å². The molecule has 1 fully saturated rings. The lowest BCUT2D eigenvalue weighted by atomic mass is 10.0. The molecular formula is C28H34ClF2N7O4. The van der Waals surface area contributed by atoms with Gasteiger partial charge in [-0.15, -0.1) is 0 Å². The van der Waals surface area contributed by atoms with Crippen molar-refractivity contribution in [1.29, 1.82) is 5.41 Å². The van der Waals surface area contributed by atoms with Gasteiger partial charge in [-0.05, 0) is 52.3 Å². The SMILES string of the molecule is COC(COc1cc(/C(=N/N[C@@H]2CCN(C(=O)OC(C)(C)C)C[C@@H]2F)C(C)=N)cn2ncc(Cl)c12)c1ccc(F)cn1. The fourth-order valence-corrected chi connectivity index (χ4v) is 4.58. The summed E-state index contributed by atoms with van der Waals surface area (Å²) in [7, 11) is 1.49.